The molecule has 2 aliphatic rings. The monoisotopic (exact) mass is 303 g/mol. The normalized spacial score (nSPS) is 29.8. The summed E-state index contributed by atoms with van der Waals surface area (Å²) in [5.41, 5.74) is 0. The smallest absolute Gasteiger partial charge is 0.215 e. The molecule has 1 aliphatic carbocycles. The van der Waals surface area contributed by atoms with E-state index in [1.54, 1.807) is 11.4 Å². The average Bonchev–Trinajstić information content (AvgIpc) is 2.46. The molecule has 0 aromatic rings. The van der Waals surface area contributed by atoms with Crippen LogP contribution < -0.4 is 5.32 Å². The van der Waals surface area contributed by atoms with Crippen molar-refractivity contribution in [3.05, 3.63) is 0 Å². The van der Waals surface area contributed by atoms with E-state index in [0.717, 1.165) is 57.8 Å². The van der Waals surface area contributed by atoms with Crippen molar-refractivity contribution in [2.24, 2.45) is 5.92 Å². The number of sulfonamides is 1. The van der Waals surface area contributed by atoms with Gasteiger partial charge in [-0.25, -0.2) is 12.7 Å². The minimum atomic E-state index is -3.11. The highest BCUT2D eigenvalue weighted by Gasteiger charge is 2.29. The van der Waals surface area contributed by atoms with Crippen molar-refractivity contribution in [1.29, 1.82) is 0 Å². The van der Waals surface area contributed by atoms with Gasteiger partial charge in [-0.2, -0.15) is 0 Å². The lowest BCUT2D eigenvalue weighted by Crippen LogP contribution is -2.47. The van der Waals surface area contributed by atoms with Crippen LogP contribution in [0.3, 0.4) is 0 Å². The SMILES string of the molecule is CC1CCC(N(C)S(=O)(=O)CCN2CCNCC2)CC1. The average molecular weight is 303 g/mol. The summed E-state index contributed by atoms with van der Waals surface area (Å²) in [5, 5.41) is 3.29. The zero-order valence-electron chi connectivity index (χ0n) is 12.8. The van der Waals surface area contributed by atoms with Crippen molar-refractivity contribution in [2.45, 2.75) is 38.6 Å². The first-order valence-corrected chi connectivity index (χ1v) is 9.49. The standard InChI is InChI=1S/C14H29N3O2S/c1-13-3-5-14(6-4-13)16(2)20(18,19)12-11-17-9-7-15-8-10-17/h13-15H,3-12H2,1-2H3. The maximum Gasteiger partial charge on any atom is 0.215 e. The fourth-order valence-electron chi connectivity index (χ4n) is 3.16. The second-order valence-electron chi connectivity index (χ2n) is 6.34. The van der Waals surface area contributed by atoms with Crippen molar-refractivity contribution in [1.82, 2.24) is 14.5 Å². The van der Waals surface area contributed by atoms with Crippen LogP contribution >= 0.6 is 0 Å². The number of piperazine rings is 1. The molecule has 20 heavy (non-hydrogen) atoms. The van der Waals surface area contributed by atoms with Crippen LogP contribution in [0.1, 0.15) is 32.6 Å². The summed E-state index contributed by atoms with van der Waals surface area (Å²) in [7, 11) is -1.33. The molecule has 2 rings (SSSR count). The van der Waals surface area contributed by atoms with Gasteiger partial charge in [0.05, 0.1) is 5.75 Å². The van der Waals surface area contributed by atoms with Crippen LogP contribution in [-0.2, 0) is 10.0 Å². The fraction of sp³-hybridized carbons (Fsp3) is 1.00. The van der Waals surface area contributed by atoms with Gasteiger partial charge in [-0.1, -0.05) is 6.92 Å². The lowest BCUT2D eigenvalue weighted by molar-refractivity contribution is 0.238. The largest absolute Gasteiger partial charge is 0.314 e. The molecule has 0 amide bonds. The molecule has 1 saturated carbocycles. The molecule has 0 radical (unpaired) electrons. The van der Waals surface area contributed by atoms with E-state index in [-0.39, 0.29) is 11.8 Å². The molecule has 1 saturated heterocycles. The van der Waals surface area contributed by atoms with Crippen molar-refractivity contribution in [3.8, 4) is 0 Å². The summed E-state index contributed by atoms with van der Waals surface area (Å²) >= 11 is 0. The van der Waals surface area contributed by atoms with Crippen LogP contribution in [0.5, 0.6) is 0 Å². The summed E-state index contributed by atoms with van der Waals surface area (Å²) in [4.78, 5) is 2.24. The quantitative estimate of drug-likeness (QED) is 0.814. The first-order valence-electron chi connectivity index (χ1n) is 7.88. The lowest BCUT2D eigenvalue weighted by Gasteiger charge is -2.33. The van der Waals surface area contributed by atoms with Gasteiger partial charge < -0.3 is 5.32 Å². The Hall–Kier alpha value is -0.170. The summed E-state index contributed by atoms with van der Waals surface area (Å²) in [6.07, 6.45) is 4.35. The molecule has 118 valence electrons. The third-order valence-corrected chi connectivity index (χ3v) is 6.69. The van der Waals surface area contributed by atoms with E-state index in [1.165, 1.54) is 0 Å². The maximum absolute atomic E-state index is 12.4. The van der Waals surface area contributed by atoms with Crippen LogP contribution in [0.4, 0.5) is 0 Å². The maximum atomic E-state index is 12.4. The van der Waals surface area contributed by atoms with Crippen LogP contribution in [-0.4, -0.2) is 69.2 Å². The molecule has 6 heteroatoms. The molecule has 1 aliphatic heterocycles. The zero-order valence-corrected chi connectivity index (χ0v) is 13.7. The molecule has 5 nitrogen and oxygen atoms in total. The van der Waals surface area contributed by atoms with Gasteiger partial charge in [0.15, 0.2) is 0 Å². The molecule has 1 heterocycles. The van der Waals surface area contributed by atoms with E-state index >= 15 is 0 Å². The second-order valence-corrected chi connectivity index (χ2v) is 8.49. The van der Waals surface area contributed by atoms with Gasteiger partial charge in [0, 0.05) is 45.8 Å². The van der Waals surface area contributed by atoms with Gasteiger partial charge in [-0.15, -0.1) is 0 Å². The summed E-state index contributed by atoms with van der Waals surface area (Å²) in [6.45, 7) is 6.78. The molecule has 0 aromatic heterocycles. The first-order chi connectivity index (χ1) is 9.49. The number of rotatable bonds is 5. The minimum Gasteiger partial charge on any atom is -0.314 e. The van der Waals surface area contributed by atoms with E-state index in [0.29, 0.717) is 6.54 Å². The lowest BCUT2D eigenvalue weighted by atomic mass is 9.87. The van der Waals surface area contributed by atoms with Crippen LogP contribution in [0, 0.1) is 5.92 Å². The topological polar surface area (TPSA) is 52.7 Å². The predicted molar refractivity (Wildman–Crippen MR) is 82.3 cm³/mol. The van der Waals surface area contributed by atoms with Gasteiger partial charge >= 0.3 is 0 Å². The Morgan fingerprint density at radius 2 is 1.75 bits per heavy atom. The third kappa shape index (κ3) is 4.41. The number of hydrogen-bond donors (Lipinski definition) is 1. The molecular weight excluding hydrogens is 274 g/mol. The van der Waals surface area contributed by atoms with Gasteiger partial charge in [-0.3, -0.25) is 4.90 Å². The number of nitrogens with one attached hydrogen (secondary N) is 1. The highest BCUT2D eigenvalue weighted by atomic mass is 32.2. The predicted octanol–water partition coefficient (Wildman–Crippen LogP) is 0.732. The van der Waals surface area contributed by atoms with Crippen molar-refractivity contribution in [2.75, 3.05) is 45.5 Å². The van der Waals surface area contributed by atoms with Gasteiger partial charge in [0.2, 0.25) is 10.0 Å². The van der Waals surface area contributed by atoms with Crippen LogP contribution in [0.15, 0.2) is 0 Å². The highest BCUT2D eigenvalue weighted by molar-refractivity contribution is 7.89. The molecule has 0 unspecified atom stereocenters. The summed E-state index contributed by atoms with van der Waals surface area (Å²) in [5.74, 6) is 1.01. The summed E-state index contributed by atoms with van der Waals surface area (Å²) < 4.78 is 26.5. The van der Waals surface area contributed by atoms with Gasteiger partial charge in [-0.05, 0) is 31.6 Å². The van der Waals surface area contributed by atoms with Crippen molar-refractivity contribution < 1.29 is 8.42 Å². The minimum absolute atomic E-state index is 0.222. The molecule has 0 spiro atoms. The third-order valence-electron chi connectivity index (χ3n) is 4.81. The van der Waals surface area contributed by atoms with E-state index in [9.17, 15) is 8.42 Å². The van der Waals surface area contributed by atoms with E-state index in [2.05, 4.69) is 17.1 Å². The van der Waals surface area contributed by atoms with E-state index in [1.807, 2.05) is 0 Å². The van der Waals surface area contributed by atoms with Gasteiger partial charge in [0.25, 0.3) is 0 Å². The van der Waals surface area contributed by atoms with Crippen molar-refractivity contribution in [3.63, 3.8) is 0 Å². The van der Waals surface area contributed by atoms with E-state index < -0.39 is 10.0 Å². The van der Waals surface area contributed by atoms with Gasteiger partial charge in [0.1, 0.15) is 0 Å². The molecule has 0 aromatic carbocycles. The van der Waals surface area contributed by atoms with Crippen LogP contribution in [0.2, 0.25) is 0 Å². The Bertz CT molecular complexity index is 385. The molecule has 0 atom stereocenters. The summed E-state index contributed by atoms with van der Waals surface area (Å²) in [6, 6.07) is 0.222. The Labute approximate surface area is 123 Å². The van der Waals surface area contributed by atoms with Crippen molar-refractivity contribution >= 4 is 10.0 Å². The highest BCUT2D eigenvalue weighted by Crippen LogP contribution is 2.27. The van der Waals surface area contributed by atoms with Crippen LogP contribution in [0.25, 0.3) is 0 Å². The Morgan fingerprint density at radius 3 is 2.35 bits per heavy atom. The zero-order chi connectivity index (χ0) is 14.6. The molecular formula is C14H29N3O2S. The first kappa shape index (κ1) is 16.2. The molecule has 1 N–H and O–H groups in total. The second kappa shape index (κ2) is 7.20. The Kier molecular flexibility index (Phi) is 5.84. The number of nitrogens with zero attached hydrogens (tertiary/aromatic N) is 2. The molecule has 2 fully saturated rings. The number of hydrogen-bond acceptors (Lipinski definition) is 4. The van der Waals surface area contributed by atoms with E-state index in [4.69, 9.17) is 0 Å². The molecule has 0 bridgehead atoms. The Balaban J connectivity index is 1.82. The Morgan fingerprint density at radius 1 is 1.15 bits per heavy atom. The fourth-order valence-corrected chi connectivity index (χ4v) is 4.60.